The summed E-state index contributed by atoms with van der Waals surface area (Å²) >= 11 is 1.66. The first-order valence-corrected chi connectivity index (χ1v) is 9.84. The standard InChI is InChI=1S/C18H26N4O2S/c1-13(2)17-20-18(24-21-17)14-5-3-8-22(12-14)9-7-16(23)19-11-15-6-4-10-25-15/h4,6,10,13-14H,3,5,7-9,11-12H2,1-2H3,(H,19,23)/t14-/m0/s1. The van der Waals surface area contributed by atoms with E-state index >= 15 is 0 Å². The Morgan fingerprint density at radius 2 is 2.40 bits per heavy atom. The van der Waals surface area contributed by atoms with Crippen molar-refractivity contribution in [1.29, 1.82) is 0 Å². The van der Waals surface area contributed by atoms with Crippen molar-refractivity contribution in [2.45, 2.75) is 51.5 Å². The summed E-state index contributed by atoms with van der Waals surface area (Å²) in [6.45, 7) is 7.45. The molecule has 1 amide bonds. The third kappa shape index (κ3) is 5.12. The molecule has 0 radical (unpaired) electrons. The monoisotopic (exact) mass is 362 g/mol. The lowest BCUT2D eigenvalue weighted by atomic mass is 9.98. The van der Waals surface area contributed by atoms with E-state index in [0.717, 1.165) is 44.2 Å². The van der Waals surface area contributed by atoms with E-state index in [1.165, 1.54) is 4.88 Å². The van der Waals surface area contributed by atoms with Gasteiger partial charge >= 0.3 is 0 Å². The highest BCUT2D eigenvalue weighted by Gasteiger charge is 2.26. The van der Waals surface area contributed by atoms with E-state index in [-0.39, 0.29) is 17.7 Å². The number of hydrogen-bond donors (Lipinski definition) is 1. The fourth-order valence-electron chi connectivity index (χ4n) is 3.05. The molecule has 0 aromatic carbocycles. The van der Waals surface area contributed by atoms with E-state index in [4.69, 9.17) is 4.52 Å². The van der Waals surface area contributed by atoms with Crippen LogP contribution in [0.1, 0.15) is 61.5 Å². The second-order valence-corrected chi connectivity index (χ2v) is 7.92. The summed E-state index contributed by atoms with van der Waals surface area (Å²) in [5.41, 5.74) is 0. The van der Waals surface area contributed by atoms with Gasteiger partial charge in [-0.15, -0.1) is 11.3 Å². The van der Waals surface area contributed by atoms with Crippen LogP contribution in [0, 0.1) is 0 Å². The molecular weight excluding hydrogens is 336 g/mol. The third-order valence-electron chi connectivity index (χ3n) is 4.52. The van der Waals surface area contributed by atoms with Crippen LogP contribution in [0.4, 0.5) is 0 Å². The van der Waals surface area contributed by atoms with Gasteiger partial charge in [0, 0.05) is 30.3 Å². The first kappa shape index (κ1) is 18.1. The van der Waals surface area contributed by atoms with Crippen LogP contribution < -0.4 is 5.32 Å². The number of nitrogens with zero attached hydrogens (tertiary/aromatic N) is 3. The predicted molar refractivity (Wildman–Crippen MR) is 97.6 cm³/mol. The number of hydrogen-bond acceptors (Lipinski definition) is 6. The lowest BCUT2D eigenvalue weighted by Crippen LogP contribution is -2.37. The Bertz CT molecular complexity index is 668. The van der Waals surface area contributed by atoms with Crippen molar-refractivity contribution in [3.8, 4) is 0 Å². The number of nitrogens with one attached hydrogen (secondary N) is 1. The van der Waals surface area contributed by atoms with Gasteiger partial charge in [0.1, 0.15) is 0 Å². The third-order valence-corrected chi connectivity index (χ3v) is 5.40. The van der Waals surface area contributed by atoms with Gasteiger partial charge < -0.3 is 14.7 Å². The zero-order valence-electron chi connectivity index (χ0n) is 14.9. The highest BCUT2D eigenvalue weighted by atomic mass is 32.1. The molecule has 1 fully saturated rings. The van der Waals surface area contributed by atoms with Crippen molar-refractivity contribution in [2.24, 2.45) is 0 Å². The van der Waals surface area contributed by atoms with E-state index in [0.29, 0.717) is 13.0 Å². The Labute approximate surface area is 152 Å². The summed E-state index contributed by atoms with van der Waals surface area (Å²) in [6.07, 6.45) is 2.70. The zero-order valence-corrected chi connectivity index (χ0v) is 15.7. The quantitative estimate of drug-likeness (QED) is 0.819. The maximum atomic E-state index is 12.0. The van der Waals surface area contributed by atoms with Crippen LogP contribution in [0.25, 0.3) is 0 Å². The van der Waals surface area contributed by atoms with Gasteiger partial charge in [-0.1, -0.05) is 25.1 Å². The molecule has 2 aromatic rings. The molecule has 1 atom stereocenters. The van der Waals surface area contributed by atoms with E-state index in [1.807, 2.05) is 17.5 Å². The van der Waals surface area contributed by atoms with Crippen LogP contribution in [0.5, 0.6) is 0 Å². The molecule has 136 valence electrons. The Balaban J connectivity index is 1.44. The highest BCUT2D eigenvalue weighted by molar-refractivity contribution is 7.09. The molecule has 6 nitrogen and oxygen atoms in total. The van der Waals surface area contributed by atoms with E-state index in [9.17, 15) is 4.79 Å². The van der Waals surface area contributed by atoms with Gasteiger partial charge in [-0.2, -0.15) is 4.98 Å². The Morgan fingerprint density at radius 1 is 1.52 bits per heavy atom. The highest BCUT2D eigenvalue weighted by Crippen LogP contribution is 2.26. The van der Waals surface area contributed by atoms with E-state index < -0.39 is 0 Å². The van der Waals surface area contributed by atoms with Crippen molar-refractivity contribution >= 4 is 17.2 Å². The molecule has 1 saturated heterocycles. The number of carbonyl (C=O) groups is 1. The minimum atomic E-state index is 0.107. The lowest BCUT2D eigenvalue weighted by molar-refractivity contribution is -0.121. The van der Waals surface area contributed by atoms with Gasteiger partial charge in [-0.3, -0.25) is 4.79 Å². The summed E-state index contributed by atoms with van der Waals surface area (Å²) in [4.78, 5) is 20.1. The average Bonchev–Trinajstić information content (AvgIpc) is 3.30. The van der Waals surface area contributed by atoms with Gasteiger partial charge in [0.2, 0.25) is 11.8 Å². The lowest BCUT2D eigenvalue weighted by Gasteiger charge is -2.30. The van der Waals surface area contributed by atoms with Crippen molar-refractivity contribution in [3.63, 3.8) is 0 Å². The minimum absolute atomic E-state index is 0.107. The van der Waals surface area contributed by atoms with Gasteiger partial charge in [0.25, 0.3) is 0 Å². The second kappa shape index (κ2) is 8.58. The van der Waals surface area contributed by atoms with Gasteiger partial charge in [0.05, 0.1) is 12.5 Å². The number of rotatable bonds is 7. The molecule has 1 aliphatic heterocycles. The van der Waals surface area contributed by atoms with Crippen molar-refractivity contribution in [2.75, 3.05) is 19.6 Å². The summed E-state index contributed by atoms with van der Waals surface area (Å²) in [5, 5.41) is 9.08. The topological polar surface area (TPSA) is 71.3 Å². The van der Waals surface area contributed by atoms with Crippen molar-refractivity contribution in [1.82, 2.24) is 20.4 Å². The van der Waals surface area contributed by atoms with E-state index in [2.05, 4.69) is 34.2 Å². The molecule has 3 rings (SSSR count). The minimum Gasteiger partial charge on any atom is -0.351 e. The number of aromatic nitrogens is 2. The van der Waals surface area contributed by atoms with E-state index in [1.54, 1.807) is 11.3 Å². The smallest absolute Gasteiger partial charge is 0.231 e. The molecule has 0 spiro atoms. The second-order valence-electron chi connectivity index (χ2n) is 6.89. The fourth-order valence-corrected chi connectivity index (χ4v) is 3.70. The fraction of sp³-hybridized carbons (Fsp3) is 0.611. The van der Waals surface area contributed by atoms with Crippen LogP contribution in [-0.4, -0.2) is 40.6 Å². The summed E-state index contributed by atoms with van der Waals surface area (Å²) in [7, 11) is 0. The summed E-state index contributed by atoms with van der Waals surface area (Å²) in [6, 6.07) is 4.04. The molecule has 3 heterocycles. The van der Waals surface area contributed by atoms with Crippen molar-refractivity contribution in [3.05, 3.63) is 34.1 Å². The van der Waals surface area contributed by atoms with Gasteiger partial charge in [-0.05, 0) is 30.8 Å². The maximum Gasteiger partial charge on any atom is 0.231 e. The maximum absolute atomic E-state index is 12.0. The predicted octanol–water partition coefficient (Wildman–Crippen LogP) is 3.14. The van der Waals surface area contributed by atoms with Gasteiger partial charge in [0.15, 0.2) is 5.82 Å². The average molecular weight is 362 g/mol. The molecule has 7 heteroatoms. The largest absolute Gasteiger partial charge is 0.351 e. The van der Waals surface area contributed by atoms with Crippen LogP contribution in [-0.2, 0) is 11.3 Å². The van der Waals surface area contributed by atoms with Crippen LogP contribution in [0.15, 0.2) is 22.0 Å². The molecule has 1 aliphatic rings. The summed E-state index contributed by atoms with van der Waals surface area (Å²) < 4.78 is 5.45. The number of amides is 1. The molecule has 0 bridgehead atoms. The number of thiophene rings is 1. The first-order chi connectivity index (χ1) is 12.1. The molecular formula is C18H26N4O2S. The normalized spacial score (nSPS) is 18.6. The Hall–Kier alpha value is -1.73. The molecule has 25 heavy (non-hydrogen) atoms. The Kier molecular flexibility index (Phi) is 6.20. The number of carbonyl (C=O) groups excluding carboxylic acids is 1. The van der Waals surface area contributed by atoms with Crippen LogP contribution >= 0.6 is 11.3 Å². The molecule has 1 N–H and O–H groups in total. The van der Waals surface area contributed by atoms with Crippen molar-refractivity contribution < 1.29 is 9.32 Å². The van der Waals surface area contributed by atoms with Crippen LogP contribution in [0.3, 0.4) is 0 Å². The SMILES string of the molecule is CC(C)c1noc([C@H]2CCCN(CCC(=O)NCc3cccs3)C2)n1. The first-order valence-electron chi connectivity index (χ1n) is 8.96. The summed E-state index contributed by atoms with van der Waals surface area (Å²) in [5.74, 6) is 2.19. The molecule has 2 aromatic heterocycles. The zero-order chi connectivity index (χ0) is 17.6. The van der Waals surface area contributed by atoms with Gasteiger partial charge in [-0.25, -0.2) is 0 Å². The molecule has 0 aliphatic carbocycles. The number of likely N-dealkylation sites (tertiary alicyclic amines) is 1. The molecule has 0 saturated carbocycles. The molecule has 0 unspecified atom stereocenters. The number of piperidine rings is 1. The Morgan fingerprint density at radius 3 is 3.12 bits per heavy atom. The van der Waals surface area contributed by atoms with Crippen LogP contribution in [0.2, 0.25) is 0 Å².